The Balaban J connectivity index is 1.99. The molecule has 100 valence electrons. The molecule has 2 N–H and O–H groups in total. The van der Waals surface area contributed by atoms with Crippen molar-refractivity contribution >= 4 is 11.6 Å². The van der Waals surface area contributed by atoms with Gasteiger partial charge in [0.15, 0.2) is 0 Å². The number of hydrogen-bond donors (Lipinski definition) is 2. The molecule has 5 heteroatoms. The molecule has 0 aliphatic rings. The summed E-state index contributed by atoms with van der Waals surface area (Å²) in [6, 6.07) is 9.70. The second kappa shape index (κ2) is 6.15. The molecule has 2 aromatic rings. The van der Waals surface area contributed by atoms with Crippen molar-refractivity contribution in [1.82, 2.24) is 9.88 Å². The largest absolute Gasteiger partial charge is 0.341 e. The van der Waals surface area contributed by atoms with Crippen molar-refractivity contribution in [1.29, 1.82) is 0 Å². The minimum absolute atomic E-state index is 0.181. The number of aromatic nitrogens is 1. The zero-order valence-electron chi connectivity index (χ0n) is 10.7. The average Bonchev–Trinajstić information content (AvgIpc) is 2.77. The summed E-state index contributed by atoms with van der Waals surface area (Å²) in [5.41, 5.74) is 1.49. The van der Waals surface area contributed by atoms with E-state index in [2.05, 4.69) is 10.6 Å². The van der Waals surface area contributed by atoms with Crippen LogP contribution >= 0.6 is 0 Å². The second-order valence-corrected chi connectivity index (χ2v) is 4.22. The van der Waals surface area contributed by atoms with Gasteiger partial charge in [0.1, 0.15) is 12.4 Å². The van der Waals surface area contributed by atoms with Crippen LogP contribution in [0.1, 0.15) is 5.69 Å². The number of carbonyl (C=O) groups excluding carboxylic acids is 1. The first-order valence-corrected chi connectivity index (χ1v) is 6.03. The number of amides is 1. The Labute approximate surface area is 111 Å². The number of nitrogens with one attached hydrogen (secondary N) is 2. The topological polar surface area (TPSA) is 46.1 Å². The van der Waals surface area contributed by atoms with Crippen LogP contribution in [0.5, 0.6) is 0 Å². The van der Waals surface area contributed by atoms with Crippen LogP contribution in [0.2, 0.25) is 0 Å². The average molecular weight is 261 g/mol. The molecule has 0 fully saturated rings. The molecular weight excluding hydrogens is 245 g/mol. The normalized spacial score (nSPS) is 10.4. The van der Waals surface area contributed by atoms with Crippen LogP contribution in [0.15, 0.2) is 42.6 Å². The third kappa shape index (κ3) is 3.66. The van der Waals surface area contributed by atoms with E-state index in [0.29, 0.717) is 12.2 Å². The fourth-order valence-corrected chi connectivity index (χ4v) is 1.87. The third-order valence-electron chi connectivity index (χ3n) is 2.70. The van der Waals surface area contributed by atoms with Crippen LogP contribution in [0.3, 0.4) is 0 Å². The summed E-state index contributed by atoms with van der Waals surface area (Å²) in [5, 5.41) is 5.71. The van der Waals surface area contributed by atoms with Crippen LogP contribution in [-0.4, -0.2) is 17.5 Å². The summed E-state index contributed by atoms with van der Waals surface area (Å²) < 4.78 is 14.8. The van der Waals surface area contributed by atoms with Crippen molar-refractivity contribution < 1.29 is 9.18 Å². The Hall–Kier alpha value is -2.14. The summed E-state index contributed by atoms with van der Waals surface area (Å²) in [7, 11) is 1.85. The van der Waals surface area contributed by atoms with Gasteiger partial charge in [-0.2, -0.15) is 0 Å². The molecule has 1 heterocycles. The molecule has 2 rings (SSSR count). The lowest BCUT2D eigenvalue weighted by Crippen LogP contribution is -2.21. The van der Waals surface area contributed by atoms with E-state index in [-0.39, 0.29) is 18.3 Å². The molecule has 0 bridgehead atoms. The van der Waals surface area contributed by atoms with Gasteiger partial charge in [-0.3, -0.25) is 4.79 Å². The Kier molecular flexibility index (Phi) is 4.30. The Morgan fingerprint density at radius 1 is 1.32 bits per heavy atom. The Morgan fingerprint density at radius 2 is 2.16 bits per heavy atom. The first-order chi connectivity index (χ1) is 9.19. The first-order valence-electron chi connectivity index (χ1n) is 6.03. The van der Waals surface area contributed by atoms with Crippen molar-refractivity contribution in [2.24, 2.45) is 0 Å². The first kappa shape index (κ1) is 13.3. The van der Waals surface area contributed by atoms with E-state index in [4.69, 9.17) is 0 Å². The number of hydrogen-bond acceptors (Lipinski definition) is 2. The number of halogens is 1. The number of carbonyl (C=O) groups is 1. The minimum atomic E-state index is -0.366. The van der Waals surface area contributed by atoms with Gasteiger partial charge in [0.25, 0.3) is 0 Å². The molecule has 4 nitrogen and oxygen atoms in total. The maximum Gasteiger partial charge on any atom is 0.244 e. The fraction of sp³-hybridized carbons (Fsp3) is 0.214. The maximum atomic E-state index is 13.0. The van der Waals surface area contributed by atoms with E-state index in [9.17, 15) is 9.18 Å². The summed E-state index contributed by atoms with van der Waals surface area (Å²) in [6.45, 7) is 0.904. The van der Waals surface area contributed by atoms with Crippen molar-refractivity contribution in [3.8, 4) is 0 Å². The Morgan fingerprint density at radius 3 is 2.89 bits per heavy atom. The number of rotatable bonds is 5. The Bertz CT molecular complexity index is 565. The summed E-state index contributed by atoms with van der Waals surface area (Å²) >= 11 is 0. The number of anilines is 1. The predicted molar refractivity (Wildman–Crippen MR) is 72.2 cm³/mol. The molecule has 0 spiro atoms. The molecular formula is C14H16FN3O. The number of benzene rings is 1. The summed E-state index contributed by atoms with van der Waals surface area (Å²) in [5.74, 6) is -0.547. The second-order valence-electron chi connectivity index (χ2n) is 4.22. The van der Waals surface area contributed by atoms with E-state index >= 15 is 0 Å². The van der Waals surface area contributed by atoms with Crippen LogP contribution < -0.4 is 10.6 Å². The molecule has 0 radical (unpaired) electrons. The molecule has 19 heavy (non-hydrogen) atoms. The predicted octanol–water partition coefficient (Wildman–Crippen LogP) is 1.99. The SMILES string of the molecule is CNCc1cccn1CC(=O)Nc1cccc(F)c1. The van der Waals surface area contributed by atoms with E-state index in [1.165, 1.54) is 12.1 Å². The van der Waals surface area contributed by atoms with Crippen molar-refractivity contribution in [2.75, 3.05) is 12.4 Å². The van der Waals surface area contributed by atoms with Crippen molar-refractivity contribution in [2.45, 2.75) is 13.1 Å². The van der Waals surface area contributed by atoms with Gasteiger partial charge in [0.05, 0.1) is 0 Å². The summed E-state index contributed by atoms with van der Waals surface area (Å²) in [6.07, 6.45) is 1.85. The third-order valence-corrected chi connectivity index (χ3v) is 2.70. The van der Waals surface area contributed by atoms with E-state index in [0.717, 1.165) is 5.69 Å². The standard InChI is InChI=1S/C14H16FN3O/c1-16-9-13-6-3-7-18(13)10-14(19)17-12-5-2-4-11(15)8-12/h2-8,16H,9-10H2,1H3,(H,17,19). The van der Waals surface area contributed by atoms with Gasteiger partial charge in [-0.25, -0.2) is 4.39 Å². The lowest BCUT2D eigenvalue weighted by molar-refractivity contribution is -0.116. The van der Waals surface area contributed by atoms with Crippen LogP contribution in [0.4, 0.5) is 10.1 Å². The van der Waals surface area contributed by atoms with Gasteiger partial charge in [-0.15, -0.1) is 0 Å². The van der Waals surface area contributed by atoms with Crippen molar-refractivity contribution in [3.63, 3.8) is 0 Å². The molecule has 0 aliphatic carbocycles. The van der Waals surface area contributed by atoms with E-state index in [1.54, 1.807) is 12.1 Å². The monoisotopic (exact) mass is 261 g/mol. The maximum absolute atomic E-state index is 13.0. The van der Waals surface area contributed by atoms with Crippen LogP contribution in [0, 0.1) is 5.82 Å². The lowest BCUT2D eigenvalue weighted by Gasteiger charge is -2.09. The molecule has 1 aromatic heterocycles. The van der Waals surface area contributed by atoms with E-state index < -0.39 is 0 Å². The molecule has 0 aliphatic heterocycles. The number of nitrogens with zero attached hydrogens (tertiary/aromatic N) is 1. The van der Waals surface area contributed by atoms with Gasteiger partial charge in [0, 0.05) is 24.1 Å². The molecule has 1 amide bonds. The van der Waals surface area contributed by atoms with Crippen molar-refractivity contribution in [3.05, 3.63) is 54.1 Å². The molecule has 0 saturated carbocycles. The van der Waals surface area contributed by atoms with Gasteiger partial charge in [-0.05, 0) is 37.4 Å². The molecule has 0 atom stereocenters. The molecule has 0 unspecified atom stereocenters. The van der Waals surface area contributed by atoms with E-state index in [1.807, 2.05) is 29.9 Å². The van der Waals surface area contributed by atoms with Gasteiger partial charge >= 0.3 is 0 Å². The highest BCUT2D eigenvalue weighted by atomic mass is 19.1. The highest BCUT2D eigenvalue weighted by Crippen LogP contribution is 2.09. The van der Waals surface area contributed by atoms with Crippen LogP contribution in [-0.2, 0) is 17.9 Å². The van der Waals surface area contributed by atoms with Gasteiger partial charge in [0.2, 0.25) is 5.91 Å². The quantitative estimate of drug-likeness (QED) is 0.864. The molecule has 1 aromatic carbocycles. The lowest BCUT2D eigenvalue weighted by atomic mass is 10.3. The fourth-order valence-electron chi connectivity index (χ4n) is 1.87. The highest BCUT2D eigenvalue weighted by Gasteiger charge is 2.06. The zero-order chi connectivity index (χ0) is 13.7. The van der Waals surface area contributed by atoms with Gasteiger partial charge in [-0.1, -0.05) is 6.07 Å². The van der Waals surface area contributed by atoms with Gasteiger partial charge < -0.3 is 15.2 Å². The minimum Gasteiger partial charge on any atom is -0.341 e. The zero-order valence-corrected chi connectivity index (χ0v) is 10.7. The smallest absolute Gasteiger partial charge is 0.244 e. The summed E-state index contributed by atoms with van der Waals surface area (Å²) in [4.78, 5) is 11.9. The van der Waals surface area contributed by atoms with Crippen LogP contribution in [0.25, 0.3) is 0 Å². The molecule has 0 saturated heterocycles. The highest BCUT2D eigenvalue weighted by molar-refractivity contribution is 5.90.